The third kappa shape index (κ3) is 1.13. The van der Waals surface area contributed by atoms with Crippen molar-refractivity contribution in [1.29, 1.82) is 0 Å². The third-order valence-electron chi connectivity index (χ3n) is 1.04. The molecule has 1 heterocycles. The second-order valence-electron chi connectivity index (χ2n) is 1.58. The largest absolute Gasteiger partial charge is 0.366 e. The number of aromatic nitrogens is 3. The summed E-state index contributed by atoms with van der Waals surface area (Å²) >= 11 is 0. The Labute approximate surface area is 52.2 Å². The molecule has 1 rings (SSSR count). The number of nitrogens with zero attached hydrogens (tertiary/aromatic N) is 3. The maximum absolute atomic E-state index is 10.6. The van der Waals surface area contributed by atoms with Crippen LogP contribution < -0.4 is 5.69 Å². The smallest absolute Gasteiger partial charge is 0.297 e. The van der Waals surface area contributed by atoms with Gasteiger partial charge in [-0.25, -0.2) is 4.79 Å². The maximum Gasteiger partial charge on any atom is 0.366 e. The van der Waals surface area contributed by atoms with Gasteiger partial charge in [-0.1, -0.05) is 5.10 Å². The van der Waals surface area contributed by atoms with Gasteiger partial charge >= 0.3 is 5.69 Å². The summed E-state index contributed by atoms with van der Waals surface area (Å²) in [5.74, 6) is 0. The lowest BCUT2D eigenvalue weighted by Crippen LogP contribution is -2.21. The predicted octanol–water partition coefficient (Wildman–Crippen LogP) is -0.342. The zero-order chi connectivity index (χ0) is 6.69. The second-order valence-corrected chi connectivity index (χ2v) is 1.58. The van der Waals surface area contributed by atoms with Gasteiger partial charge in [0, 0.05) is 12.7 Å². The molecule has 0 spiro atoms. The molecule has 0 amide bonds. The SMILES string of the molecule is CCn1ccnnc1=O. The molecule has 1 aromatic rings. The first kappa shape index (κ1) is 5.94. The van der Waals surface area contributed by atoms with E-state index < -0.39 is 0 Å². The lowest BCUT2D eigenvalue weighted by atomic mass is 10.7. The standard InChI is InChI=1S/C5H7N3O/c1-2-8-4-3-6-7-5(8)9/h3-4H,2H2,1H3. The van der Waals surface area contributed by atoms with Gasteiger partial charge in [0.05, 0.1) is 6.20 Å². The van der Waals surface area contributed by atoms with E-state index >= 15 is 0 Å². The fourth-order valence-corrected chi connectivity index (χ4v) is 0.555. The summed E-state index contributed by atoms with van der Waals surface area (Å²) in [6, 6.07) is 0. The Hall–Kier alpha value is -1.19. The fourth-order valence-electron chi connectivity index (χ4n) is 0.555. The lowest BCUT2D eigenvalue weighted by molar-refractivity contribution is 0.671. The Morgan fingerprint density at radius 2 is 2.56 bits per heavy atom. The van der Waals surface area contributed by atoms with Gasteiger partial charge in [-0.2, -0.15) is 5.10 Å². The summed E-state index contributed by atoms with van der Waals surface area (Å²) in [7, 11) is 0. The van der Waals surface area contributed by atoms with Gasteiger partial charge in [0.25, 0.3) is 0 Å². The minimum Gasteiger partial charge on any atom is -0.297 e. The van der Waals surface area contributed by atoms with E-state index in [0.717, 1.165) is 0 Å². The van der Waals surface area contributed by atoms with Gasteiger partial charge in [-0.15, -0.1) is 0 Å². The Balaban J connectivity index is 3.16. The summed E-state index contributed by atoms with van der Waals surface area (Å²) in [5.41, 5.74) is -0.292. The van der Waals surface area contributed by atoms with Crippen LogP contribution >= 0.6 is 0 Å². The molecule has 4 nitrogen and oxygen atoms in total. The zero-order valence-electron chi connectivity index (χ0n) is 5.11. The summed E-state index contributed by atoms with van der Waals surface area (Å²) < 4.78 is 1.48. The maximum atomic E-state index is 10.6. The van der Waals surface area contributed by atoms with E-state index in [-0.39, 0.29) is 5.69 Å². The molecule has 0 saturated heterocycles. The van der Waals surface area contributed by atoms with E-state index in [2.05, 4.69) is 10.2 Å². The molecular formula is C5H7N3O. The van der Waals surface area contributed by atoms with Crippen LogP contribution in [0, 0.1) is 0 Å². The molecule has 1 aromatic heterocycles. The quantitative estimate of drug-likeness (QED) is 0.515. The average Bonchev–Trinajstić information content (AvgIpc) is 1.89. The molecular weight excluding hydrogens is 118 g/mol. The highest BCUT2D eigenvalue weighted by atomic mass is 16.1. The van der Waals surface area contributed by atoms with Gasteiger partial charge in [0.15, 0.2) is 0 Å². The highest BCUT2D eigenvalue weighted by Gasteiger charge is 1.87. The minimum atomic E-state index is -0.292. The Bertz CT molecular complexity index is 242. The first-order chi connectivity index (χ1) is 4.34. The molecule has 0 aliphatic carbocycles. The molecule has 0 unspecified atom stereocenters. The van der Waals surface area contributed by atoms with Crippen molar-refractivity contribution in [3.8, 4) is 0 Å². The summed E-state index contributed by atoms with van der Waals surface area (Å²) in [5, 5.41) is 6.72. The molecule has 0 atom stereocenters. The van der Waals surface area contributed by atoms with Crippen LogP contribution in [-0.2, 0) is 6.54 Å². The third-order valence-corrected chi connectivity index (χ3v) is 1.04. The molecule has 4 heteroatoms. The number of aryl methyl sites for hydroxylation is 1. The van der Waals surface area contributed by atoms with Crippen molar-refractivity contribution in [1.82, 2.24) is 14.8 Å². The van der Waals surface area contributed by atoms with Crippen LogP contribution in [0.25, 0.3) is 0 Å². The van der Waals surface area contributed by atoms with Crippen LogP contribution in [-0.4, -0.2) is 14.8 Å². The van der Waals surface area contributed by atoms with Gasteiger partial charge < -0.3 is 0 Å². The molecule has 48 valence electrons. The highest BCUT2D eigenvalue weighted by Crippen LogP contribution is 1.72. The van der Waals surface area contributed by atoms with E-state index in [4.69, 9.17) is 0 Å². The topological polar surface area (TPSA) is 47.8 Å². The minimum absolute atomic E-state index is 0.292. The van der Waals surface area contributed by atoms with E-state index in [1.807, 2.05) is 6.92 Å². The summed E-state index contributed by atoms with van der Waals surface area (Å²) in [4.78, 5) is 10.6. The molecule has 0 aliphatic rings. The zero-order valence-corrected chi connectivity index (χ0v) is 5.11. The van der Waals surface area contributed by atoms with Gasteiger partial charge in [-0.3, -0.25) is 4.57 Å². The van der Waals surface area contributed by atoms with Crippen molar-refractivity contribution in [3.63, 3.8) is 0 Å². The van der Waals surface area contributed by atoms with Crippen molar-refractivity contribution in [2.24, 2.45) is 0 Å². The molecule has 9 heavy (non-hydrogen) atoms. The summed E-state index contributed by atoms with van der Waals surface area (Å²) in [6.07, 6.45) is 3.10. The average molecular weight is 125 g/mol. The van der Waals surface area contributed by atoms with E-state index in [1.54, 1.807) is 6.20 Å². The second kappa shape index (κ2) is 2.39. The summed E-state index contributed by atoms with van der Waals surface area (Å²) in [6.45, 7) is 2.53. The Morgan fingerprint density at radius 3 is 3.00 bits per heavy atom. The van der Waals surface area contributed by atoms with Crippen molar-refractivity contribution in [2.45, 2.75) is 13.5 Å². The number of hydrogen-bond acceptors (Lipinski definition) is 3. The van der Waals surface area contributed by atoms with Crippen molar-refractivity contribution < 1.29 is 0 Å². The molecule has 0 bridgehead atoms. The van der Waals surface area contributed by atoms with Crippen molar-refractivity contribution >= 4 is 0 Å². The van der Waals surface area contributed by atoms with Crippen molar-refractivity contribution in [2.75, 3.05) is 0 Å². The normalized spacial score (nSPS) is 9.44. The number of rotatable bonds is 1. The lowest BCUT2D eigenvalue weighted by Gasteiger charge is -1.93. The van der Waals surface area contributed by atoms with Crippen molar-refractivity contribution in [3.05, 3.63) is 22.9 Å². The van der Waals surface area contributed by atoms with Gasteiger partial charge in [0.1, 0.15) is 0 Å². The van der Waals surface area contributed by atoms with Crippen LogP contribution in [0.15, 0.2) is 17.2 Å². The Kier molecular flexibility index (Phi) is 1.58. The van der Waals surface area contributed by atoms with Crippen LogP contribution in [0.3, 0.4) is 0 Å². The molecule has 0 N–H and O–H groups in total. The van der Waals surface area contributed by atoms with E-state index in [1.165, 1.54) is 10.8 Å². The molecule has 0 aromatic carbocycles. The van der Waals surface area contributed by atoms with E-state index in [9.17, 15) is 4.79 Å². The van der Waals surface area contributed by atoms with Crippen LogP contribution in [0.2, 0.25) is 0 Å². The fraction of sp³-hybridized carbons (Fsp3) is 0.400. The first-order valence-electron chi connectivity index (χ1n) is 2.72. The monoisotopic (exact) mass is 125 g/mol. The molecule has 0 radical (unpaired) electrons. The highest BCUT2D eigenvalue weighted by molar-refractivity contribution is 4.68. The van der Waals surface area contributed by atoms with Crippen LogP contribution in [0.4, 0.5) is 0 Å². The molecule has 0 aliphatic heterocycles. The van der Waals surface area contributed by atoms with Crippen LogP contribution in [0.5, 0.6) is 0 Å². The first-order valence-corrected chi connectivity index (χ1v) is 2.72. The van der Waals surface area contributed by atoms with Crippen LogP contribution in [0.1, 0.15) is 6.92 Å². The molecule has 0 fully saturated rings. The van der Waals surface area contributed by atoms with Gasteiger partial charge in [-0.05, 0) is 6.92 Å². The number of hydrogen-bond donors (Lipinski definition) is 0. The molecule has 0 saturated carbocycles. The predicted molar refractivity (Wildman–Crippen MR) is 32.0 cm³/mol. The van der Waals surface area contributed by atoms with Gasteiger partial charge in [0.2, 0.25) is 0 Å². The Morgan fingerprint density at radius 1 is 1.78 bits per heavy atom. The van der Waals surface area contributed by atoms with E-state index in [0.29, 0.717) is 6.54 Å².